The molecule has 29 heavy (non-hydrogen) atoms. The van der Waals surface area contributed by atoms with Crippen molar-refractivity contribution in [2.45, 2.75) is 57.6 Å². The van der Waals surface area contributed by atoms with Crippen molar-refractivity contribution in [2.75, 3.05) is 6.54 Å². The molecular weight excluding hydrogens is 370 g/mol. The van der Waals surface area contributed by atoms with Crippen LogP contribution < -0.4 is 10.1 Å². The van der Waals surface area contributed by atoms with E-state index in [0.717, 1.165) is 47.5 Å². The first-order valence-corrected chi connectivity index (χ1v) is 10.0. The molecule has 3 unspecified atom stereocenters. The van der Waals surface area contributed by atoms with Crippen molar-refractivity contribution >= 4 is 11.0 Å². The molecule has 1 aliphatic heterocycles. The number of fused-ring (bicyclic) bond motifs is 2. The van der Waals surface area contributed by atoms with E-state index in [1.807, 2.05) is 30.7 Å². The van der Waals surface area contributed by atoms with Crippen LogP contribution in [0.4, 0.5) is 0 Å². The fourth-order valence-corrected chi connectivity index (χ4v) is 4.62. The van der Waals surface area contributed by atoms with Crippen molar-refractivity contribution in [1.29, 1.82) is 0 Å². The van der Waals surface area contributed by atoms with Gasteiger partial charge in [-0.25, -0.2) is 9.97 Å². The Kier molecular flexibility index (Phi) is 4.49. The van der Waals surface area contributed by atoms with Crippen molar-refractivity contribution in [1.82, 2.24) is 24.8 Å². The van der Waals surface area contributed by atoms with E-state index >= 15 is 0 Å². The summed E-state index contributed by atoms with van der Waals surface area (Å²) in [6.07, 6.45) is 4.09. The highest BCUT2D eigenvalue weighted by atomic mass is 16.5. The molecule has 0 spiro atoms. The average molecular weight is 395 g/mol. The zero-order chi connectivity index (χ0) is 20.1. The Morgan fingerprint density at radius 1 is 1.10 bits per heavy atom. The van der Waals surface area contributed by atoms with Gasteiger partial charge >= 0.3 is 0 Å². The van der Waals surface area contributed by atoms with Crippen molar-refractivity contribution in [3.05, 3.63) is 47.3 Å². The number of aryl methyl sites for hydroxylation is 2. The summed E-state index contributed by atoms with van der Waals surface area (Å²) >= 11 is 0. The second-order valence-electron chi connectivity index (χ2n) is 7.95. The number of nitrogens with one attached hydrogen (secondary N) is 1. The maximum absolute atomic E-state index is 10.8. The highest BCUT2D eigenvalue weighted by Gasteiger charge is 2.44. The highest BCUT2D eigenvalue weighted by molar-refractivity contribution is 5.78. The number of ether oxygens (including phenoxy) is 1. The lowest BCUT2D eigenvalue weighted by Gasteiger charge is -2.25. The van der Waals surface area contributed by atoms with Crippen LogP contribution in [0, 0.1) is 13.8 Å². The average Bonchev–Trinajstić information content (AvgIpc) is 3.28. The van der Waals surface area contributed by atoms with Gasteiger partial charge in [-0.05, 0) is 38.4 Å². The van der Waals surface area contributed by atoms with E-state index in [9.17, 15) is 10.2 Å². The molecule has 3 N–H and O–H groups in total. The molecule has 3 aromatic rings. The van der Waals surface area contributed by atoms with Crippen LogP contribution in [-0.2, 0) is 13.0 Å². The molecule has 0 saturated heterocycles. The van der Waals surface area contributed by atoms with Crippen LogP contribution >= 0.6 is 0 Å². The quantitative estimate of drug-likeness (QED) is 0.612. The molecule has 4 heterocycles. The molecule has 0 bridgehead atoms. The Hall–Kier alpha value is -2.55. The van der Waals surface area contributed by atoms with Gasteiger partial charge in [0, 0.05) is 35.8 Å². The summed E-state index contributed by atoms with van der Waals surface area (Å²) < 4.78 is 8.14. The molecule has 5 rings (SSSR count). The molecule has 8 heteroatoms. The number of hydrogen-bond acceptors (Lipinski definition) is 7. The van der Waals surface area contributed by atoms with E-state index in [4.69, 9.17) is 4.74 Å². The van der Waals surface area contributed by atoms with Gasteiger partial charge in [-0.1, -0.05) is 0 Å². The summed E-state index contributed by atoms with van der Waals surface area (Å²) in [7, 11) is 0. The van der Waals surface area contributed by atoms with Gasteiger partial charge in [-0.15, -0.1) is 0 Å². The summed E-state index contributed by atoms with van der Waals surface area (Å²) in [6, 6.07) is 1.62. The van der Waals surface area contributed by atoms with Crippen LogP contribution in [0.1, 0.15) is 35.0 Å². The Morgan fingerprint density at radius 3 is 2.83 bits per heavy atom. The number of hydrogen-bond donors (Lipinski definition) is 3. The molecule has 152 valence electrons. The van der Waals surface area contributed by atoms with E-state index in [-0.39, 0.29) is 6.04 Å². The van der Waals surface area contributed by atoms with Crippen molar-refractivity contribution in [3.8, 4) is 5.75 Å². The third-order valence-corrected chi connectivity index (χ3v) is 6.27. The Bertz CT molecular complexity index is 1070. The van der Waals surface area contributed by atoms with E-state index in [0.29, 0.717) is 12.2 Å². The summed E-state index contributed by atoms with van der Waals surface area (Å²) in [6.45, 7) is 5.59. The number of nitrogens with zero attached hydrogens (tertiary/aromatic N) is 4. The smallest absolute Gasteiger partial charge is 0.143 e. The minimum atomic E-state index is -0.992. The summed E-state index contributed by atoms with van der Waals surface area (Å²) in [5.41, 5.74) is 4.98. The van der Waals surface area contributed by atoms with Crippen LogP contribution in [0.25, 0.3) is 11.0 Å². The first kappa shape index (κ1) is 18.5. The first-order valence-electron chi connectivity index (χ1n) is 10.0. The number of pyridine rings is 1. The Labute approximate surface area is 168 Å². The summed E-state index contributed by atoms with van der Waals surface area (Å²) in [5, 5.41) is 25.8. The predicted octanol–water partition coefficient (Wildman–Crippen LogP) is 1.20. The van der Waals surface area contributed by atoms with E-state index < -0.39 is 18.3 Å². The van der Waals surface area contributed by atoms with Gasteiger partial charge < -0.3 is 24.8 Å². The number of aliphatic hydroxyl groups excluding tert-OH is 2. The van der Waals surface area contributed by atoms with Crippen LogP contribution in [0.2, 0.25) is 0 Å². The summed E-state index contributed by atoms with van der Waals surface area (Å²) in [4.78, 5) is 13.1. The predicted molar refractivity (Wildman–Crippen MR) is 107 cm³/mol. The molecule has 8 nitrogen and oxygen atoms in total. The molecule has 4 atom stereocenters. The van der Waals surface area contributed by atoms with Gasteiger partial charge in [-0.2, -0.15) is 0 Å². The fraction of sp³-hybridized carbons (Fsp3) is 0.476. The van der Waals surface area contributed by atoms with Crippen molar-refractivity contribution < 1.29 is 14.9 Å². The van der Waals surface area contributed by atoms with Crippen LogP contribution in [0.15, 0.2) is 24.8 Å². The van der Waals surface area contributed by atoms with Gasteiger partial charge in [-0.3, -0.25) is 4.98 Å². The zero-order valence-electron chi connectivity index (χ0n) is 16.5. The van der Waals surface area contributed by atoms with Crippen molar-refractivity contribution in [2.24, 2.45) is 0 Å². The van der Waals surface area contributed by atoms with Crippen molar-refractivity contribution in [3.63, 3.8) is 0 Å². The molecule has 3 aromatic heterocycles. The van der Waals surface area contributed by atoms with Gasteiger partial charge in [0.05, 0.1) is 17.9 Å². The molecule has 0 aromatic carbocycles. The Balaban J connectivity index is 1.44. The lowest BCUT2D eigenvalue weighted by molar-refractivity contribution is -0.0167. The molecule has 1 fully saturated rings. The second-order valence-corrected chi connectivity index (χ2v) is 7.95. The van der Waals surface area contributed by atoms with Gasteiger partial charge in [0.2, 0.25) is 0 Å². The van der Waals surface area contributed by atoms with E-state index in [2.05, 4.69) is 20.3 Å². The number of aromatic nitrogens is 4. The molecule has 0 radical (unpaired) electrons. The standard InChI is InChI=1S/C21H25N5O3/c1-11-13-3-5-22-8-15(13)18(9-23-11)29-17-7-16(19(27)20(17)28)26-6-4-14-12(2)24-10-25-21(14)26/h4,6,9-10,16-17,19-20,22,27-28H,3,5,7-8H2,1-2H3/t16?,17?,19?,20-/m1/s1. The number of rotatable bonds is 3. The third kappa shape index (κ3) is 2.99. The third-order valence-electron chi connectivity index (χ3n) is 6.27. The molecule has 1 aliphatic carbocycles. The lowest BCUT2D eigenvalue weighted by Crippen LogP contribution is -2.35. The SMILES string of the molecule is Cc1ncc(OC2CC(n3ccc4c(C)ncnc43)C(O)[C@@H]2O)c2c1CCNC2. The topological polar surface area (TPSA) is 105 Å². The second kappa shape index (κ2) is 7.05. The molecule has 2 aliphatic rings. The van der Waals surface area contributed by atoms with Crippen LogP contribution in [0.5, 0.6) is 5.75 Å². The monoisotopic (exact) mass is 395 g/mol. The fourth-order valence-electron chi connectivity index (χ4n) is 4.62. The van der Waals surface area contributed by atoms with E-state index in [1.54, 1.807) is 6.20 Å². The van der Waals surface area contributed by atoms with Crippen LogP contribution in [0.3, 0.4) is 0 Å². The zero-order valence-corrected chi connectivity index (χ0v) is 16.5. The van der Waals surface area contributed by atoms with Gasteiger partial charge in [0.25, 0.3) is 0 Å². The summed E-state index contributed by atoms with van der Waals surface area (Å²) in [5.74, 6) is 0.685. The molecular formula is C21H25N5O3. The van der Waals surface area contributed by atoms with Gasteiger partial charge in [0.1, 0.15) is 36.0 Å². The largest absolute Gasteiger partial charge is 0.486 e. The normalized spacial score (nSPS) is 26.6. The molecule has 0 amide bonds. The number of aliphatic hydroxyl groups is 2. The maximum Gasteiger partial charge on any atom is 0.143 e. The highest BCUT2D eigenvalue weighted by Crippen LogP contribution is 2.37. The Morgan fingerprint density at radius 2 is 1.97 bits per heavy atom. The minimum Gasteiger partial charge on any atom is -0.486 e. The lowest BCUT2D eigenvalue weighted by atomic mass is 9.99. The minimum absolute atomic E-state index is 0.325. The van der Waals surface area contributed by atoms with Crippen LogP contribution in [-0.4, -0.2) is 54.6 Å². The molecule has 1 saturated carbocycles. The van der Waals surface area contributed by atoms with E-state index in [1.165, 1.54) is 11.9 Å². The first-order chi connectivity index (χ1) is 14.0. The maximum atomic E-state index is 10.8. The van der Waals surface area contributed by atoms with Gasteiger partial charge in [0.15, 0.2) is 0 Å².